The van der Waals surface area contributed by atoms with E-state index < -0.39 is 23.7 Å². The molecule has 1 aliphatic rings. The van der Waals surface area contributed by atoms with Crippen LogP contribution in [-0.4, -0.2) is 48.1 Å². The molecule has 7 nitrogen and oxygen atoms in total. The highest BCUT2D eigenvalue weighted by molar-refractivity contribution is 5.90. The van der Waals surface area contributed by atoms with Gasteiger partial charge in [-0.25, -0.2) is 13.6 Å². The number of aromatic carboxylic acids is 1. The van der Waals surface area contributed by atoms with Crippen molar-refractivity contribution in [2.24, 2.45) is 0 Å². The van der Waals surface area contributed by atoms with Crippen LogP contribution in [0.3, 0.4) is 0 Å². The van der Waals surface area contributed by atoms with E-state index in [1.807, 2.05) is 6.07 Å². The Bertz CT molecular complexity index is 1190. The molecule has 0 aliphatic carbocycles. The van der Waals surface area contributed by atoms with Gasteiger partial charge in [0, 0.05) is 19.2 Å². The number of hydrogen-bond acceptors (Lipinski definition) is 6. The van der Waals surface area contributed by atoms with Crippen LogP contribution in [-0.2, 0) is 6.42 Å². The van der Waals surface area contributed by atoms with Crippen molar-refractivity contribution in [1.82, 2.24) is 5.32 Å². The summed E-state index contributed by atoms with van der Waals surface area (Å²) in [4.78, 5) is 11.4. The van der Waals surface area contributed by atoms with Crippen LogP contribution in [0.1, 0.15) is 22.3 Å². The molecule has 1 aliphatic heterocycles. The highest BCUT2D eigenvalue weighted by Gasteiger charge is 2.21. The average Bonchev–Trinajstić information content (AvgIpc) is 2.84. The molecule has 0 spiro atoms. The zero-order valence-corrected chi connectivity index (χ0v) is 18.7. The Morgan fingerprint density at radius 2 is 1.94 bits per heavy atom. The van der Waals surface area contributed by atoms with E-state index in [9.17, 15) is 23.8 Å². The number of ether oxygens (including phenoxy) is 3. The molecule has 0 bridgehead atoms. The lowest BCUT2D eigenvalue weighted by Crippen LogP contribution is -2.39. The standard InChI is InChI=1S/C26H25F2NO6/c27-17-6-9-25(22(28)12-17)33-15-18(30)13-29-14-20-7-5-16-11-19(8-10-23(16)35-20)34-24-4-2-1-3-21(24)26(31)32/h1-4,6,8-12,18,20,29-30H,5,7,13-15H2,(H,31,32)/t18-,20+/m0/s1. The molecule has 2 atom stereocenters. The summed E-state index contributed by atoms with van der Waals surface area (Å²) in [5, 5.41) is 22.5. The van der Waals surface area contributed by atoms with E-state index in [1.54, 1.807) is 30.3 Å². The monoisotopic (exact) mass is 485 g/mol. The minimum Gasteiger partial charge on any atom is -0.489 e. The fraction of sp³-hybridized carbons (Fsp3) is 0.269. The van der Waals surface area contributed by atoms with Crippen LogP contribution >= 0.6 is 0 Å². The predicted molar refractivity (Wildman–Crippen MR) is 123 cm³/mol. The normalized spacial score (nSPS) is 15.6. The van der Waals surface area contributed by atoms with Crippen LogP contribution in [0.5, 0.6) is 23.0 Å². The lowest BCUT2D eigenvalue weighted by Gasteiger charge is -2.27. The number of carbonyl (C=O) groups is 1. The van der Waals surface area contributed by atoms with Crippen molar-refractivity contribution in [1.29, 1.82) is 0 Å². The molecule has 0 saturated heterocycles. The Kier molecular flexibility index (Phi) is 7.79. The van der Waals surface area contributed by atoms with Gasteiger partial charge in [-0.3, -0.25) is 0 Å². The van der Waals surface area contributed by atoms with Crippen LogP contribution in [0.15, 0.2) is 60.7 Å². The number of carboxylic acid groups (broad SMARTS) is 1. The highest BCUT2D eigenvalue weighted by atomic mass is 19.1. The first-order valence-corrected chi connectivity index (χ1v) is 11.2. The van der Waals surface area contributed by atoms with E-state index in [4.69, 9.17) is 14.2 Å². The second kappa shape index (κ2) is 11.2. The topological polar surface area (TPSA) is 97.3 Å². The summed E-state index contributed by atoms with van der Waals surface area (Å²) in [6, 6.07) is 14.8. The minimum atomic E-state index is -1.06. The highest BCUT2D eigenvalue weighted by Crippen LogP contribution is 2.33. The lowest BCUT2D eigenvalue weighted by molar-refractivity contribution is 0.0694. The summed E-state index contributed by atoms with van der Waals surface area (Å²) >= 11 is 0. The summed E-state index contributed by atoms with van der Waals surface area (Å²) < 4.78 is 43.6. The Morgan fingerprint density at radius 1 is 1.11 bits per heavy atom. The number of aliphatic hydroxyl groups is 1. The molecule has 0 radical (unpaired) electrons. The molecule has 3 aromatic carbocycles. The quantitative estimate of drug-likeness (QED) is 0.396. The van der Waals surface area contributed by atoms with E-state index in [-0.39, 0.29) is 36.3 Å². The lowest BCUT2D eigenvalue weighted by atomic mass is 10.0. The molecule has 3 aromatic rings. The van der Waals surface area contributed by atoms with Gasteiger partial charge < -0.3 is 29.7 Å². The van der Waals surface area contributed by atoms with E-state index in [0.717, 1.165) is 36.3 Å². The van der Waals surface area contributed by atoms with Gasteiger partial charge in [0.25, 0.3) is 0 Å². The van der Waals surface area contributed by atoms with E-state index in [1.165, 1.54) is 12.1 Å². The smallest absolute Gasteiger partial charge is 0.339 e. The molecule has 3 N–H and O–H groups in total. The first-order valence-electron chi connectivity index (χ1n) is 11.2. The van der Waals surface area contributed by atoms with Crippen LogP contribution in [0, 0.1) is 11.6 Å². The van der Waals surface area contributed by atoms with Gasteiger partial charge >= 0.3 is 5.97 Å². The van der Waals surface area contributed by atoms with Crippen LogP contribution in [0.25, 0.3) is 0 Å². The maximum atomic E-state index is 13.6. The minimum absolute atomic E-state index is 0.0861. The van der Waals surface area contributed by atoms with Gasteiger partial charge in [-0.1, -0.05) is 12.1 Å². The summed E-state index contributed by atoms with van der Waals surface area (Å²) in [6.07, 6.45) is 0.491. The van der Waals surface area contributed by atoms with E-state index in [0.29, 0.717) is 12.3 Å². The van der Waals surface area contributed by atoms with Gasteiger partial charge in [-0.15, -0.1) is 0 Å². The van der Waals surface area contributed by atoms with Crippen LogP contribution in [0.4, 0.5) is 8.78 Å². The molecule has 184 valence electrons. The Hall–Kier alpha value is -3.69. The second-order valence-corrected chi connectivity index (χ2v) is 8.15. The van der Waals surface area contributed by atoms with Crippen molar-refractivity contribution in [3.8, 4) is 23.0 Å². The van der Waals surface area contributed by atoms with Gasteiger partial charge in [0.1, 0.15) is 47.4 Å². The molecule has 0 saturated carbocycles. The molecule has 0 aromatic heterocycles. The molecule has 4 rings (SSSR count). The SMILES string of the molecule is O=C(O)c1ccccc1Oc1ccc2c(c1)CC[C@H](CNC[C@H](O)COc1ccc(F)cc1F)O2. The molecule has 0 amide bonds. The first kappa shape index (κ1) is 24.4. The first-order chi connectivity index (χ1) is 16.9. The molecule has 9 heteroatoms. The number of rotatable bonds is 10. The maximum absolute atomic E-state index is 13.6. The van der Waals surface area contributed by atoms with Gasteiger partial charge in [0.15, 0.2) is 11.6 Å². The Labute approximate surface area is 200 Å². The number of halogens is 2. The fourth-order valence-corrected chi connectivity index (χ4v) is 3.74. The number of carboxylic acids is 1. The van der Waals surface area contributed by atoms with Gasteiger partial charge in [-0.2, -0.15) is 0 Å². The van der Waals surface area contributed by atoms with Gasteiger partial charge in [0.2, 0.25) is 0 Å². The fourth-order valence-electron chi connectivity index (χ4n) is 3.74. The number of para-hydroxylation sites is 1. The average molecular weight is 485 g/mol. The largest absolute Gasteiger partial charge is 0.489 e. The Morgan fingerprint density at radius 3 is 2.74 bits per heavy atom. The van der Waals surface area contributed by atoms with E-state index in [2.05, 4.69) is 5.32 Å². The van der Waals surface area contributed by atoms with Crippen molar-refractivity contribution < 1.29 is 38.0 Å². The van der Waals surface area contributed by atoms with Gasteiger partial charge in [-0.05, 0) is 60.9 Å². The summed E-state index contributed by atoms with van der Waals surface area (Å²) in [6.45, 7) is 0.564. The third-order valence-electron chi connectivity index (χ3n) is 5.48. The number of hydrogen-bond donors (Lipinski definition) is 3. The van der Waals surface area contributed by atoms with Gasteiger partial charge in [0.05, 0.1) is 0 Å². The van der Waals surface area contributed by atoms with Crippen molar-refractivity contribution in [3.05, 3.63) is 83.4 Å². The third kappa shape index (κ3) is 6.46. The number of aliphatic hydroxyl groups excluding tert-OH is 1. The molecule has 35 heavy (non-hydrogen) atoms. The number of benzene rings is 3. The molecular weight excluding hydrogens is 460 g/mol. The molecule has 1 heterocycles. The number of aryl methyl sites for hydroxylation is 1. The van der Waals surface area contributed by atoms with Crippen molar-refractivity contribution in [2.45, 2.75) is 25.0 Å². The number of fused-ring (bicyclic) bond motifs is 1. The van der Waals surface area contributed by atoms with Crippen LogP contribution in [0.2, 0.25) is 0 Å². The zero-order chi connectivity index (χ0) is 24.8. The Balaban J connectivity index is 1.24. The second-order valence-electron chi connectivity index (χ2n) is 8.15. The van der Waals surface area contributed by atoms with Crippen molar-refractivity contribution >= 4 is 5.97 Å². The summed E-state index contributed by atoms with van der Waals surface area (Å²) in [7, 11) is 0. The maximum Gasteiger partial charge on any atom is 0.339 e. The summed E-state index contributed by atoms with van der Waals surface area (Å²) in [5.74, 6) is -1.18. The number of nitrogens with one attached hydrogen (secondary N) is 1. The molecular formula is C26H25F2NO6. The van der Waals surface area contributed by atoms with Crippen LogP contribution < -0.4 is 19.5 Å². The molecule has 0 unspecified atom stereocenters. The summed E-state index contributed by atoms with van der Waals surface area (Å²) in [5.41, 5.74) is 1.05. The van der Waals surface area contributed by atoms with E-state index >= 15 is 0 Å². The molecule has 0 fully saturated rings. The van der Waals surface area contributed by atoms with Crippen molar-refractivity contribution in [3.63, 3.8) is 0 Å². The zero-order valence-electron chi connectivity index (χ0n) is 18.7. The predicted octanol–water partition coefficient (Wildman–Crippen LogP) is 4.18. The third-order valence-corrected chi connectivity index (χ3v) is 5.48. The van der Waals surface area contributed by atoms with Crippen molar-refractivity contribution in [2.75, 3.05) is 19.7 Å².